The summed E-state index contributed by atoms with van der Waals surface area (Å²) in [7, 11) is 0. The number of hydrogen-bond donors (Lipinski definition) is 1. The largest absolute Gasteiger partial charge is 0.378 e. The van der Waals surface area contributed by atoms with E-state index in [1.807, 2.05) is 34.9 Å². The standard InChI is InChI=1S/C20H20FN5O2S/c21-15-6-8-16(9-7-15)22-18(27)14-29-20-24-23-19(25-10-12-28-13-11-25)26(20)17-4-2-1-3-5-17/h1-9H,10-14H2,(H,22,27). The molecule has 29 heavy (non-hydrogen) atoms. The van der Waals surface area contributed by atoms with Crippen molar-refractivity contribution in [1.82, 2.24) is 14.8 Å². The summed E-state index contributed by atoms with van der Waals surface area (Å²) in [6, 6.07) is 15.5. The van der Waals surface area contributed by atoms with E-state index in [0.29, 0.717) is 24.1 Å². The molecule has 0 aliphatic carbocycles. The summed E-state index contributed by atoms with van der Waals surface area (Å²) in [6.07, 6.45) is 0. The molecular formula is C20H20FN5O2S. The summed E-state index contributed by atoms with van der Waals surface area (Å²) in [6.45, 7) is 2.76. The number of carbonyl (C=O) groups excluding carboxylic acids is 1. The Morgan fingerprint density at radius 1 is 1.07 bits per heavy atom. The van der Waals surface area contributed by atoms with Gasteiger partial charge in [-0.1, -0.05) is 30.0 Å². The number of ether oxygens (including phenoxy) is 1. The van der Waals surface area contributed by atoms with Crippen LogP contribution in [-0.2, 0) is 9.53 Å². The SMILES string of the molecule is O=C(CSc1nnc(N2CCOCC2)n1-c1ccccc1)Nc1ccc(F)cc1. The van der Waals surface area contributed by atoms with Crippen LogP contribution in [0.2, 0.25) is 0 Å². The first-order chi connectivity index (χ1) is 14.2. The Morgan fingerprint density at radius 3 is 2.52 bits per heavy atom. The average molecular weight is 413 g/mol. The van der Waals surface area contributed by atoms with Gasteiger partial charge >= 0.3 is 0 Å². The number of halogens is 1. The van der Waals surface area contributed by atoms with Crippen molar-refractivity contribution < 1.29 is 13.9 Å². The molecule has 2 heterocycles. The first-order valence-electron chi connectivity index (χ1n) is 9.22. The fourth-order valence-electron chi connectivity index (χ4n) is 2.99. The number of anilines is 2. The Labute approximate surface area is 171 Å². The van der Waals surface area contributed by atoms with E-state index in [-0.39, 0.29) is 17.5 Å². The molecule has 4 rings (SSSR count). The quantitative estimate of drug-likeness (QED) is 0.627. The normalized spacial score (nSPS) is 14.0. The van der Waals surface area contributed by atoms with E-state index in [1.54, 1.807) is 0 Å². The molecule has 1 fully saturated rings. The smallest absolute Gasteiger partial charge is 0.234 e. The number of carbonyl (C=O) groups is 1. The second-order valence-corrected chi connectivity index (χ2v) is 7.34. The van der Waals surface area contributed by atoms with Crippen LogP contribution in [0.15, 0.2) is 59.8 Å². The Hall–Kier alpha value is -2.91. The zero-order valence-corrected chi connectivity index (χ0v) is 16.4. The molecule has 2 aromatic carbocycles. The van der Waals surface area contributed by atoms with Crippen LogP contribution in [0.25, 0.3) is 5.69 Å². The van der Waals surface area contributed by atoms with E-state index >= 15 is 0 Å². The van der Waals surface area contributed by atoms with E-state index in [0.717, 1.165) is 24.7 Å². The Bertz CT molecular complexity index is 959. The predicted octanol–water partition coefficient (Wildman–Crippen LogP) is 2.97. The lowest BCUT2D eigenvalue weighted by Gasteiger charge is -2.27. The van der Waals surface area contributed by atoms with Crippen molar-refractivity contribution in [3.8, 4) is 5.69 Å². The number of para-hydroxylation sites is 1. The molecule has 1 aliphatic rings. The molecule has 1 N–H and O–H groups in total. The third-order valence-corrected chi connectivity index (χ3v) is 5.31. The Morgan fingerprint density at radius 2 is 1.79 bits per heavy atom. The van der Waals surface area contributed by atoms with Gasteiger partial charge in [0, 0.05) is 18.8 Å². The molecule has 1 aliphatic heterocycles. The molecule has 1 amide bonds. The summed E-state index contributed by atoms with van der Waals surface area (Å²) in [4.78, 5) is 14.4. The number of aromatic nitrogens is 3. The first kappa shape index (κ1) is 19.4. The number of nitrogens with zero attached hydrogens (tertiary/aromatic N) is 4. The zero-order valence-electron chi connectivity index (χ0n) is 15.6. The van der Waals surface area contributed by atoms with Crippen molar-refractivity contribution in [1.29, 1.82) is 0 Å². The zero-order chi connectivity index (χ0) is 20.1. The number of benzene rings is 2. The van der Waals surface area contributed by atoms with Crippen LogP contribution in [-0.4, -0.2) is 52.7 Å². The number of amides is 1. The minimum absolute atomic E-state index is 0.158. The molecule has 1 saturated heterocycles. The molecule has 3 aromatic rings. The topological polar surface area (TPSA) is 72.3 Å². The highest BCUT2D eigenvalue weighted by molar-refractivity contribution is 7.99. The van der Waals surface area contributed by atoms with Gasteiger partial charge in [-0.3, -0.25) is 9.36 Å². The first-order valence-corrected chi connectivity index (χ1v) is 10.2. The lowest BCUT2D eigenvalue weighted by molar-refractivity contribution is -0.113. The number of hydrogen-bond acceptors (Lipinski definition) is 6. The molecule has 9 heteroatoms. The minimum Gasteiger partial charge on any atom is -0.378 e. The maximum absolute atomic E-state index is 13.0. The van der Waals surface area contributed by atoms with Crippen molar-refractivity contribution in [2.24, 2.45) is 0 Å². The lowest BCUT2D eigenvalue weighted by atomic mass is 10.3. The lowest BCUT2D eigenvalue weighted by Crippen LogP contribution is -2.37. The fourth-order valence-corrected chi connectivity index (χ4v) is 3.73. The third kappa shape index (κ3) is 4.75. The van der Waals surface area contributed by atoms with Crippen LogP contribution in [0, 0.1) is 5.82 Å². The van der Waals surface area contributed by atoms with Crippen LogP contribution in [0.3, 0.4) is 0 Å². The summed E-state index contributed by atoms with van der Waals surface area (Å²) in [5.74, 6) is 0.355. The highest BCUT2D eigenvalue weighted by atomic mass is 32.2. The fraction of sp³-hybridized carbons (Fsp3) is 0.250. The van der Waals surface area contributed by atoms with Gasteiger partial charge in [0.2, 0.25) is 11.9 Å². The van der Waals surface area contributed by atoms with Crippen LogP contribution < -0.4 is 10.2 Å². The second-order valence-electron chi connectivity index (χ2n) is 6.40. The van der Waals surface area contributed by atoms with Crippen LogP contribution in [0.1, 0.15) is 0 Å². The van der Waals surface area contributed by atoms with Gasteiger partial charge in [-0.05, 0) is 36.4 Å². The van der Waals surface area contributed by atoms with E-state index < -0.39 is 0 Å². The van der Waals surface area contributed by atoms with Crippen molar-refractivity contribution >= 4 is 29.3 Å². The maximum atomic E-state index is 13.0. The Balaban J connectivity index is 1.51. The summed E-state index contributed by atoms with van der Waals surface area (Å²) < 4.78 is 20.4. The van der Waals surface area contributed by atoms with Gasteiger partial charge in [-0.2, -0.15) is 0 Å². The number of rotatable bonds is 6. The van der Waals surface area contributed by atoms with E-state index in [2.05, 4.69) is 20.4 Å². The second kappa shape index (κ2) is 9.06. The van der Waals surface area contributed by atoms with Crippen LogP contribution in [0.5, 0.6) is 0 Å². The van der Waals surface area contributed by atoms with Gasteiger partial charge < -0.3 is 15.0 Å². The van der Waals surface area contributed by atoms with Crippen molar-refractivity contribution in [2.45, 2.75) is 5.16 Å². The van der Waals surface area contributed by atoms with Gasteiger partial charge in [-0.15, -0.1) is 10.2 Å². The van der Waals surface area contributed by atoms with E-state index in [9.17, 15) is 9.18 Å². The minimum atomic E-state index is -0.344. The van der Waals surface area contributed by atoms with Crippen molar-refractivity contribution in [3.63, 3.8) is 0 Å². The highest BCUT2D eigenvalue weighted by Crippen LogP contribution is 2.27. The van der Waals surface area contributed by atoms with E-state index in [1.165, 1.54) is 36.0 Å². The molecule has 0 atom stereocenters. The van der Waals surface area contributed by atoms with Gasteiger partial charge in [-0.25, -0.2) is 4.39 Å². The van der Waals surface area contributed by atoms with Gasteiger partial charge in [0.15, 0.2) is 5.16 Å². The predicted molar refractivity (Wildman–Crippen MR) is 110 cm³/mol. The number of nitrogens with one attached hydrogen (secondary N) is 1. The monoisotopic (exact) mass is 413 g/mol. The molecule has 0 unspecified atom stereocenters. The van der Waals surface area contributed by atoms with Gasteiger partial charge in [0.25, 0.3) is 0 Å². The molecular weight excluding hydrogens is 393 g/mol. The molecule has 7 nitrogen and oxygen atoms in total. The molecule has 0 radical (unpaired) electrons. The summed E-state index contributed by atoms with van der Waals surface area (Å²) >= 11 is 1.30. The average Bonchev–Trinajstić information content (AvgIpc) is 3.19. The van der Waals surface area contributed by atoms with Crippen LogP contribution >= 0.6 is 11.8 Å². The van der Waals surface area contributed by atoms with Crippen LogP contribution in [0.4, 0.5) is 16.0 Å². The van der Waals surface area contributed by atoms with Gasteiger partial charge in [0.05, 0.1) is 24.7 Å². The molecule has 0 spiro atoms. The molecule has 0 saturated carbocycles. The third-order valence-electron chi connectivity index (χ3n) is 4.38. The summed E-state index contributed by atoms with van der Waals surface area (Å²) in [5, 5.41) is 12.1. The van der Waals surface area contributed by atoms with E-state index in [4.69, 9.17) is 4.74 Å². The summed E-state index contributed by atoms with van der Waals surface area (Å²) in [5.41, 5.74) is 1.48. The number of morpholine rings is 1. The van der Waals surface area contributed by atoms with Crippen molar-refractivity contribution in [3.05, 3.63) is 60.4 Å². The maximum Gasteiger partial charge on any atom is 0.234 e. The van der Waals surface area contributed by atoms with Crippen molar-refractivity contribution in [2.75, 3.05) is 42.3 Å². The molecule has 1 aromatic heterocycles. The van der Waals surface area contributed by atoms with Gasteiger partial charge in [0.1, 0.15) is 5.82 Å². The highest BCUT2D eigenvalue weighted by Gasteiger charge is 2.22. The number of thioether (sulfide) groups is 1. The molecule has 0 bridgehead atoms. The molecule has 150 valence electrons. The Kier molecular flexibility index (Phi) is 6.06.